The summed E-state index contributed by atoms with van der Waals surface area (Å²) < 4.78 is 6.31. The highest BCUT2D eigenvalue weighted by Crippen LogP contribution is 2.46. The van der Waals surface area contributed by atoms with E-state index < -0.39 is 0 Å². The van der Waals surface area contributed by atoms with Crippen molar-refractivity contribution in [2.75, 3.05) is 0 Å². The molecule has 1 N–H and O–H groups in total. The fraction of sp³-hybridized carbons (Fsp3) is 0.250. The number of aryl methyl sites for hydroxylation is 1. The van der Waals surface area contributed by atoms with Gasteiger partial charge >= 0.3 is 0 Å². The molecule has 4 nitrogen and oxygen atoms in total. The van der Waals surface area contributed by atoms with Gasteiger partial charge in [-0.25, -0.2) is 0 Å². The summed E-state index contributed by atoms with van der Waals surface area (Å²) in [6.07, 6.45) is 1.76. The molecule has 0 saturated carbocycles. The van der Waals surface area contributed by atoms with Gasteiger partial charge in [0.15, 0.2) is 0 Å². The first kappa shape index (κ1) is 19.2. The van der Waals surface area contributed by atoms with Gasteiger partial charge in [0.2, 0.25) is 5.91 Å². The average molecular weight is 423 g/mol. The van der Waals surface area contributed by atoms with Crippen LogP contribution in [-0.4, -0.2) is 21.8 Å². The number of amides is 1. The minimum atomic E-state index is -0.0822. The van der Waals surface area contributed by atoms with Gasteiger partial charge in [0.1, 0.15) is 12.4 Å². The second kappa shape index (κ2) is 7.56. The number of H-pyrrole nitrogens is 1. The van der Waals surface area contributed by atoms with Crippen molar-refractivity contribution in [3.05, 3.63) is 101 Å². The molecule has 1 aliphatic carbocycles. The second-order valence-corrected chi connectivity index (χ2v) is 9.02. The van der Waals surface area contributed by atoms with Crippen molar-refractivity contribution in [1.82, 2.24) is 9.88 Å². The molecule has 3 aromatic carbocycles. The Hall–Kier alpha value is -3.53. The zero-order chi connectivity index (χ0) is 21.7. The van der Waals surface area contributed by atoms with Crippen molar-refractivity contribution >= 4 is 16.8 Å². The lowest BCUT2D eigenvalue weighted by molar-refractivity contribution is -0.130. The van der Waals surface area contributed by atoms with Crippen LogP contribution in [0, 0.1) is 6.92 Å². The van der Waals surface area contributed by atoms with E-state index in [2.05, 4.69) is 53.2 Å². The minimum absolute atomic E-state index is 0.0822. The van der Waals surface area contributed by atoms with E-state index in [1.54, 1.807) is 0 Å². The first-order valence-electron chi connectivity index (χ1n) is 11.3. The maximum absolute atomic E-state index is 13.4. The number of carbonyl (C=O) groups excluding carboxylic acids is 1. The maximum Gasteiger partial charge on any atom is 0.232 e. The summed E-state index contributed by atoms with van der Waals surface area (Å²) in [7, 11) is 0. The summed E-state index contributed by atoms with van der Waals surface area (Å²) in [5.41, 5.74) is 6.98. The zero-order valence-electron chi connectivity index (χ0n) is 18.2. The van der Waals surface area contributed by atoms with Gasteiger partial charge in [0, 0.05) is 23.7 Å². The number of hydrogen-bond acceptors (Lipinski definition) is 2. The second-order valence-electron chi connectivity index (χ2n) is 9.02. The van der Waals surface area contributed by atoms with Crippen LogP contribution in [-0.2, 0) is 24.4 Å². The number of carbonyl (C=O) groups is 1. The normalized spacial score (nSPS) is 19.4. The Morgan fingerprint density at radius 1 is 0.969 bits per heavy atom. The SMILES string of the molecule is Cc1ccc(OCc2ccccc2)c2c3c([nH]c12)C1CC(C3)N(Cc2ccccc2)C1=O. The monoisotopic (exact) mass is 422 g/mol. The molecule has 2 unspecified atom stereocenters. The van der Waals surface area contributed by atoms with Gasteiger partial charge in [-0.2, -0.15) is 0 Å². The molecule has 1 saturated heterocycles. The summed E-state index contributed by atoms with van der Waals surface area (Å²) in [6, 6.07) is 25.0. The predicted octanol–water partition coefficient (Wildman–Crippen LogP) is 5.50. The Morgan fingerprint density at radius 3 is 2.44 bits per heavy atom. The van der Waals surface area contributed by atoms with E-state index in [-0.39, 0.29) is 17.9 Å². The van der Waals surface area contributed by atoms with E-state index in [1.165, 1.54) is 16.7 Å². The van der Waals surface area contributed by atoms with Crippen LogP contribution in [0.5, 0.6) is 5.75 Å². The quantitative estimate of drug-likeness (QED) is 0.462. The summed E-state index contributed by atoms with van der Waals surface area (Å²) in [6.45, 7) is 3.33. The third-order valence-electron chi connectivity index (χ3n) is 7.01. The summed E-state index contributed by atoms with van der Waals surface area (Å²) >= 11 is 0. The molecule has 32 heavy (non-hydrogen) atoms. The van der Waals surface area contributed by atoms with Crippen LogP contribution in [0.25, 0.3) is 10.9 Å². The Balaban J connectivity index is 1.36. The van der Waals surface area contributed by atoms with Gasteiger partial charge < -0.3 is 14.6 Å². The number of aromatic nitrogens is 1. The third kappa shape index (κ3) is 3.10. The number of rotatable bonds is 5. The number of likely N-dealkylation sites (tertiary alicyclic amines) is 1. The lowest BCUT2D eigenvalue weighted by Gasteiger charge is -2.25. The molecule has 160 valence electrons. The van der Waals surface area contributed by atoms with Gasteiger partial charge in [-0.05, 0) is 48.1 Å². The molecule has 6 rings (SSSR count). The van der Waals surface area contributed by atoms with Crippen molar-refractivity contribution in [2.45, 2.75) is 44.9 Å². The van der Waals surface area contributed by atoms with E-state index in [9.17, 15) is 4.79 Å². The van der Waals surface area contributed by atoms with E-state index in [0.717, 1.165) is 40.8 Å². The van der Waals surface area contributed by atoms with E-state index in [1.807, 2.05) is 36.4 Å². The lowest BCUT2D eigenvalue weighted by Crippen LogP contribution is -2.33. The van der Waals surface area contributed by atoms with Crippen LogP contribution < -0.4 is 4.74 Å². The molecule has 2 atom stereocenters. The molecule has 0 radical (unpaired) electrons. The van der Waals surface area contributed by atoms with Gasteiger partial charge in [0.05, 0.1) is 11.4 Å². The molecule has 1 aliphatic heterocycles. The Bertz CT molecular complexity index is 1290. The number of fused-ring (bicyclic) bond motifs is 6. The van der Waals surface area contributed by atoms with Crippen molar-refractivity contribution in [1.29, 1.82) is 0 Å². The minimum Gasteiger partial charge on any atom is -0.488 e. The molecule has 4 aromatic rings. The van der Waals surface area contributed by atoms with E-state index in [0.29, 0.717) is 13.2 Å². The molecule has 4 heteroatoms. The molecule has 2 bridgehead atoms. The van der Waals surface area contributed by atoms with E-state index in [4.69, 9.17) is 4.74 Å². The van der Waals surface area contributed by atoms with Gasteiger partial charge in [-0.3, -0.25) is 4.79 Å². The Labute approximate surface area is 187 Å². The lowest BCUT2D eigenvalue weighted by atomic mass is 9.87. The highest BCUT2D eigenvalue weighted by molar-refractivity contribution is 5.97. The number of nitrogens with zero attached hydrogens (tertiary/aromatic N) is 1. The number of nitrogens with one attached hydrogen (secondary N) is 1. The molecular weight excluding hydrogens is 396 g/mol. The summed E-state index contributed by atoms with van der Waals surface area (Å²) in [5, 5.41) is 1.15. The van der Waals surface area contributed by atoms with Gasteiger partial charge in [0.25, 0.3) is 0 Å². The van der Waals surface area contributed by atoms with Crippen molar-refractivity contribution in [2.24, 2.45) is 0 Å². The fourth-order valence-electron chi connectivity index (χ4n) is 5.40. The Kier molecular flexibility index (Phi) is 4.53. The van der Waals surface area contributed by atoms with Crippen LogP contribution in [0.4, 0.5) is 0 Å². The van der Waals surface area contributed by atoms with Crippen LogP contribution >= 0.6 is 0 Å². The highest BCUT2D eigenvalue weighted by atomic mass is 16.5. The largest absolute Gasteiger partial charge is 0.488 e. The molecule has 2 aliphatic rings. The third-order valence-corrected chi connectivity index (χ3v) is 7.01. The molecular formula is C28H26N2O2. The molecule has 1 amide bonds. The number of hydrogen-bond donors (Lipinski definition) is 1. The standard InChI is InChI=1S/C28H26N2O2/c1-18-12-13-24(32-17-20-10-6-3-7-11-20)25-22-14-21-15-23(27(22)29-26(18)25)28(31)30(21)16-19-8-4-2-5-9-19/h2-13,21,23,29H,14-17H2,1H3. The molecule has 2 heterocycles. The van der Waals surface area contributed by atoms with Crippen molar-refractivity contribution in [3.8, 4) is 5.75 Å². The molecule has 0 spiro atoms. The molecule has 1 fully saturated rings. The van der Waals surface area contributed by atoms with E-state index >= 15 is 0 Å². The topological polar surface area (TPSA) is 45.3 Å². The highest BCUT2D eigenvalue weighted by Gasteiger charge is 2.46. The first-order valence-corrected chi connectivity index (χ1v) is 11.3. The predicted molar refractivity (Wildman–Crippen MR) is 126 cm³/mol. The Morgan fingerprint density at radius 2 is 1.69 bits per heavy atom. The van der Waals surface area contributed by atoms with Crippen LogP contribution in [0.1, 0.15) is 40.3 Å². The van der Waals surface area contributed by atoms with Crippen LogP contribution in [0.2, 0.25) is 0 Å². The first-order chi connectivity index (χ1) is 15.7. The van der Waals surface area contributed by atoms with Crippen molar-refractivity contribution < 1.29 is 9.53 Å². The summed E-state index contributed by atoms with van der Waals surface area (Å²) in [4.78, 5) is 19.1. The number of ether oxygens (including phenoxy) is 1. The number of aromatic amines is 1. The smallest absolute Gasteiger partial charge is 0.232 e. The summed E-state index contributed by atoms with van der Waals surface area (Å²) in [5.74, 6) is 1.06. The van der Waals surface area contributed by atoms with Crippen LogP contribution in [0.3, 0.4) is 0 Å². The number of benzene rings is 3. The van der Waals surface area contributed by atoms with Crippen molar-refractivity contribution in [3.63, 3.8) is 0 Å². The maximum atomic E-state index is 13.4. The van der Waals surface area contributed by atoms with Crippen LogP contribution in [0.15, 0.2) is 72.8 Å². The average Bonchev–Trinajstić information content (AvgIpc) is 3.33. The fourth-order valence-corrected chi connectivity index (χ4v) is 5.40. The zero-order valence-corrected chi connectivity index (χ0v) is 18.2. The van der Waals surface area contributed by atoms with Gasteiger partial charge in [-0.15, -0.1) is 0 Å². The van der Waals surface area contributed by atoms with Gasteiger partial charge in [-0.1, -0.05) is 66.7 Å². The molecule has 1 aromatic heterocycles.